The molecule has 0 heteroatoms. The highest BCUT2D eigenvalue weighted by Crippen LogP contribution is 2.22. The summed E-state index contributed by atoms with van der Waals surface area (Å²) in [6.45, 7) is 7.05. The van der Waals surface area contributed by atoms with Crippen molar-refractivity contribution in [1.82, 2.24) is 0 Å². The van der Waals surface area contributed by atoms with Crippen LogP contribution in [0.2, 0.25) is 0 Å². The Kier molecular flexibility index (Phi) is 31.0. The molecule has 34 heavy (non-hydrogen) atoms. The Morgan fingerprint density at radius 3 is 0.676 bits per heavy atom. The van der Waals surface area contributed by atoms with Crippen LogP contribution in [-0.4, -0.2) is 0 Å². The number of hydrogen-bond acceptors (Lipinski definition) is 0. The van der Waals surface area contributed by atoms with E-state index in [0.717, 1.165) is 5.92 Å². The molecule has 0 aromatic heterocycles. The first kappa shape index (κ1) is 34.0. The Labute approximate surface area is 219 Å². The van der Waals surface area contributed by atoms with Crippen molar-refractivity contribution in [3.05, 3.63) is 0 Å². The van der Waals surface area contributed by atoms with E-state index >= 15 is 0 Å². The number of rotatable bonds is 30. The van der Waals surface area contributed by atoms with Gasteiger partial charge >= 0.3 is 0 Å². The summed E-state index contributed by atoms with van der Waals surface area (Å²) in [5.41, 5.74) is 0. The maximum Gasteiger partial charge on any atom is -0.0417 e. The van der Waals surface area contributed by atoms with E-state index in [0.29, 0.717) is 0 Å². The second-order valence-corrected chi connectivity index (χ2v) is 11.7. The van der Waals surface area contributed by atoms with Crippen molar-refractivity contribution in [3.8, 4) is 0 Å². The summed E-state index contributed by atoms with van der Waals surface area (Å²) in [4.78, 5) is 0. The molecule has 0 amide bonds. The first-order valence-electron chi connectivity index (χ1n) is 16.8. The quantitative estimate of drug-likeness (QED) is 0.0900. The summed E-state index contributed by atoms with van der Waals surface area (Å²) in [6.07, 6.45) is 44.3. The van der Waals surface area contributed by atoms with E-state index in [-0.39, 0.29) is 0 Å². The molecule has 0 radical (unpaired) electrons. The molecule has 1 unspecified atom stereocenters. The molecule has 0 fully saturated rings. The maximum absolute atomic E-state index is 2.43. The van der Waals surface area contributed by atoms with Crippen LogP contribution in [0.1, 0.15) is 213 Å². The summed E-state index contributed by atoms with van der Waals surface area (Å²) in [5, 5.41) is 0. The van der Waals surface area contributed by atoms with E-state index in [4.69, 9.17) is 0 Å². The van der Waals surface area contributed by atoms with Gasteiger partial charge in [-0.05, 0) is 5.92 Å². The van der Waals surface area contributed by atoms with E-state index in [1.165, 1.54) is 193 Å². The fraction of sp³-hybridized carbons (Fsp3) is 1.00. The standard InChI is InChI=1S/C34H70/c1-4-7-9-11-13-15-17-19-21-23-25-27-29-31-33-34(6-3)32-30-28-26-24-22-20-18-16-14-12-10-8-5-2/h34H,4-33H2,1-3H3. The molecule has 0 rings (SSSR count). The molecule has 0 aliphatic rings. The first-order chi connectivity index (χ1) is 16.8. The zero-order chi connectivity index (χ0) is 24.8. The van der Waals surface area contributed by atoms with Crippen LogP contribution in [0.5, 0.6) is 0 Å². The third-order valence-corrected chi connectivity index (χ3v) is 8.26. The Balaban J connectivity index is 3.26. The van der Waals surface area contributed by atoms with Crippen molar-refractivity contribution in [1.29, 1.82) is 0 Å². The molecule has 206 valence electrons. The van der Waals surface area contributed by atoms with Gasteiger partial charge in [-0.2, -0.15) is 0 Å². The van der Waals surface area contributed by atoms with Crippen LogP contribution in [0, 0.1) is 5.92 Å². The van der Waals surface area contributed by atoms with Gasteiger partial charge < -0.3 is 0 Å². The van der Waals surface area contributed by atoms with E-state index in [1.54, 1.807) is 0 Å². The monoisotopic (exact) mass is 479 g/mol. The van der Waals surface area contributed by atoms with E-state index in [2.05, 4.69) is 20.8 Å². The predicted octanol–water partition coefficient (Wildman–Crippen LogP) is 13.4. The highest BCUT2D eigenvalue weighted by Gasteiger charge is 2.06. The second-order valence-electron chi connectivity index (χ2n) is 11.7. The van der Waals surface area contributed by atoms with Gasteiger partial charge in [0.1, 0.15) is 0 Å². The molecule has 0 aliphatic heterocycles. The highest BCUT2D eigenvalue weighted by molar-refractivity contribution is 4.59. The minimum atomic E-state index is 1.02. The summed E-state index contributed by atoms with van der Waals surface area (Å²) in [6, 6.07) is 0. The minimum absolute atomic E-state index is 1.02. The SMILES string of the molecule is CCCCCCCCCCCCCCCCC(CC)CCCCCCCCCCCCCCC. The lowest BCUT2D eigenvalue weighted by Gasteiger charge is -2.14. The lowest BCUT2D eigenvalue weighted by Crippen LogP contribution is -1.99. The van der Waals surface area contributed by atoms with Crippen molar-refractivity contribution in [2.45, 2.75) is 213 Å². The smallest absolute Gasteiger partial charge is 0.0417 e. The number of hydrogen-bond donors (Lipinski definition) is 0. The van der Waals surface area contributed by atoms with Gasteiger partial charge in [-0.3, -0.25) is 0 Å². The van der Waals surface area contributed by atoms with Gasteiger partial charge in [0, 0.05) is 0 Å². The van der Waals surface area contributed by atoms with E-state index < -0.39 is 0 Å². The molecular formula is C34H70. The summed E-state index contributed by atoms with van der Waals surface area (Å²) >= 11 is 0. The van der Waals surface area contributed by atoms with Crippen molar-refractivity contribution >= 4 is 0 Å². The Hall–Kier alpha value is 0. The normalized spacial score (nSPS) is 12.4. The largest absolute Gasteiger partial charge is 0.0654 e. The fourth-order valence-corrected chi connectivity index (χ4v) is 5.63. The fourth-order valence-electron chi connectivity index (χ4n) is 5.63. The second kappa shape index (κ2) is 31.0. The average Bonchev–Trinajstić information content (AvgIpc) is 2.85. The lowest BCUT2D eigenvalue weighted by molar-refractivity contribution is 0.392. The van der Waals surface area contributed by atoms with Crippen LogP contribution in [0.4, 0.5) is 0 Å². The van der Waals surface area contributed by atoms with Crippen LogP contribution < -0.4 is 0 Å². The van der Waals surface area contributed by atoms with E-state index in [1.807, 2.05) is 0 Å². The molecule has 0 N–H and O–H groups in total. The molecule has 0 aromatic rings. The molecule has 0 saturated heterocycles. The molecule has 1 atom stereocenters. The molecular weight excluding hydrogens is 408 g/mol. The molecule has 0 spiro atoms. The molecule has 0 saturated carbocycles. The van der Waals surface area contributed by atoms with Gasteiger partial charge in [-0.15, -0.1) is 0 Å². The molecule has 0 aromatic carbocycles. The molecule has 0 heterocycles. The predicted molar refractivity (Wildman–Crippen MR) is 159 cm³/mol. The maximum atomic E-state index is 2.43. The summed E-state index contributed by atoms with van der Waals surface area (Å²) in [5.74, 6) is 1.02. The zero-order valence-corrected chi connectivity index (χ0v) is 24.8. The lowest BCUT2D eigenvalue weighted by atomic mass is 9.92. The topological polar surface area (TPSA) is 0 Å². The third-order valence-electron chi connectivity index (χ3n) is 8.26. The van der Waals surface area contributed by atoms with Crippen molar-refractivity contribution in [2.75, 3.05) is 0 Å². The summed E-state index contributed by atoms with van der Waals surface area (Å²) < 4.78 is 0. The van der Waals surface area contributed by atoms with Crippen molar-refractivity contribution in [2.24, 2.45) is 5.92 Å². The Morgan fingerprint density at radius 1 is 0.265 bits per heavy atom. The molecule has 0 aliphatic carbocycles. The zero-order valence-electron chi connectivity index (χ0n) is 24.8. The Bertz CT molecular complexity index is 333. The Morgan fingerprint density at radius 2 is 0.471 bits per heavy atom. The van der Waals surface area contributed by atoms with Crippen molar-refractivity contribution in [3.63, 3.8) is 0 Å². The van der Waals surface area contributed by atoms with E-state index in [9.17, 15) is 0 Å². The summed E-state index contributed by atoms with van der Waals surface area (Å²) in [7, 11) is 0. The van der Waals surface area contributed by atoms with Gasteiger partial charge in [0.2, 0.25) is 0 Å². The third kappa shape index (κ3) is 28.2. The highest BCUT2D eigenvalue weighted by atomic mass is 14.1. The van der Waals surface area contributed by atoms with Gasteiger partial charge in [0.25, 0.3) is 0 Å². The van der Waals surface area contributed by atoms with Crippen LogP contribution in [-0.2, 0) is 0 Å². The van der Waals surface area contributed by atoms with Gasteiger partial charge in [0.15, 0.2) is 0 Å². The molecule has 0 nitrogen and oxygen atoms in total. The van der Waals surface area contributed by atoms with Crippen LogP contribution in [0.25, 0.3) is 0 Å². The van der Waals surface area contributed by atoms with Gasteiger partial charge in [0.05, 0.1) is 0 Å². The minimum Gasteiger partial charge on any atom is -0.0654 e. The van der Waals surface area contributed by atoms with Crippen LogP contribution >= 0.6 is 0 Å². The van der Waals surface area contributed by atoms with Gasteiger partial charge in [-0.1, -0.05) is 213 Å². The molecule has 0 bridgehead atoms. The van der Waals surface area contributed by atoms with Crippen LogP contribution in [0.15, 0.2) is 0 Å². The number of unbranched alkanes of at least 4 members (excludes halogenated alkanes) is 25. The van der Waals surface area contributed by atoms with Crippen molar-refractivity contribution < 1.29 is 0 Å². The first-order valence-corrected chi connectivity index (χ1v) is 16.8. The average molecular weight is 479 g/mol. The van der Waals surface area contributed by atoms with Gasteiger partial charge in [-0.25, -0.2) is 0 Å². The van der Waals surface area contributed by atoms with Crippen LogP contribution in [0.3, 0.4) is 0 Å².